The molecule has 4 heteroatoms. The fraction of sp³-hybridized carbons (Fsp3) is 0.353. The fourth-order valence-electron chi connectivity index (χ4n) is 2.02. The predicted molar refractivity (Wildman–Crippen MR) is 88.8 cm³/mol. The molecule has 0 atom stereocenters. The summed E-state index contributed by atoms with van der Waals surface area (Å²) in [4.78, 5) is 12.3. The average molecular weight is 303 g/mol. The summed E-state index contributed by atoms with van der Waals surface area (Å²) in [6.45, 7) is 8.55. The van der Waals surface area contributed by atoms with Gasteiger partial charge in [-0.2, -0.15) is 0 Å². The molecule has 0 radical (unpaired) electrons. The van der Waals surface area contributed by atoms with Gasteiger partial charge in [0.2, 0.25) is 0 Å². The Kier molecular flexibility index (Phi) is 4.68. The molecule has 3 nitrogen and oxygen atoms in total. The maximum Gasteiger partial charge on any atom is 0.341 e. The van der Waals surface area contributed by atoms with Gasteiger partial charge in [0.05, 0.1) is 6.61 Å². The molecular weight excluding hydrogens is 282 g/mol. The molecule has 1 aromatic carbocycles. The summed E-state index contributed by atoms with van der Waals surface area (Å²) < 4.78 is 5.33. The van der Waals surface area contributed by atoms with Crippen molar-refractivity contribution in [1.82, 2.24) is 0 Å². The van der Waals surface area contributed by atoms with E-state index in [2.05, 4.69) is 26.0 Å². The Morgan fingerprint density at radius 3 is 2.62 bits per heavy atom. The molecule has 0 aliphatic carbocycles. The van der Waals surface area contributed by atoms with Crippen LogP contribution in [0.4, 0.5) is 5.00 Å². The molecule has 0 aliphatic heterocycles. The first-order chi connectivity index (χ1) is 9.90. The summed E-state index contributed by atoms with van der Waals surface area (Å²) in [6, 6.07) is 6.15. The molecule has 0 bridgehead atoms. The van der Waals surface area contributed by atoms with Crippen molar-refractivity contribution in [2.45, 2.75) is 27.7 Å². The van der Waals surface area contributed by atoms with Crippen molar-refractivity contribution in [3.05, 3.63) is 40.3 Å². The van der Waals surface area contributed by atoms with Crippen molar-refractivity contribution >= 4 is 22.3 Å². The van der Waals surface area contributed by atoms with Crippen molar-refractivity contribution in [3.63, 3.8) is 0 Å². The molecule has 0 unspecified atom stereocenters. The number of thiophene rings is 1. The molecule has 112 valence electrons. The van der Waals surface area contributed by atoms with Crippen LogP contribution in [0.2, 0.25) is 0 Å². The molecule has 0 fully saturated rings. The van der Waals surface area contributed by atoms with Gasteiger partial charge in [0, 0.05) is 10.9 Å². The van der Waals surface area contributed by atoms with E-state index >= 15 is 0 Å². The Labute approximate surface area is 129 Å². The maximum atomic E-state index is 12.3. The van der Waals surface area contributed by atoms with Crippen LogP contribution < -0.4 is 5.73 Å². The van der Waals surface area contributed by atoms with Gasteiger partial charge in [0.25, 0.3) is 0 Å². The third kappa shape index (κ3) is 3.45. The predicted octanol–water partition coefficient (Wildman–Crippen LogP) is 4.43. The second-order valence-corrected chi connectivity index (χ2v) is 6.59. The lowest BCUT2D eigenvalue weighted by molar-refractivity contribution is 0.0461. The van der Waals surface area contributed by atoms with Crippen molar-refractivity contribution in [3.8, 4) is 11.1 Å². The van der Waals surface area contributed by atoms with E-state index in [1.807, 2.05) is 25.3 Å². The third-order valence-electron chi connectivity index (χ3n) is 3.39. The van der Waals surface area contributed by atoms with E-state index < -0.39 is 0 Å². The topological polar surface area (TPSA) is 52.3 Å². The number of hydrogen-bond acceptors (Lipinski definition) is 4. The number of ether oxygens (including phenoxy) is 1. The molecule has 21 heavy (non-hydrogen) atoms. The number of carbonyl (C=O) groups excluding carboxylic acids is 1. The Morgan fingerprint density at radius 2 is 2.00 bits per heavy atom. The van der Waals surface area contributed by atoms with Gasteiger partial charge in [-0.25, -0.2) is 4.79 Å². The number of carbonyl (C=O) groups is 1. The Morgan fingerprint density at radius 1 is 1.29 bits per heavy atom. The molecule has 0 spiro atoms. The van der Waals surface area contributed by atoms with Crippen LogP contribution in [0.15, 0.2) is 23.6 Å². The molecule has 2 N–H and O–H groups in total. The highest BCUT2D eigenvalue weighted by molar-refractivity contribution is 7.14. The second-order valence-electron chi connectivity index (χ2n) is 5.68. The highest BCUT2D eigenvalue weighted by atomic mass is 32.1. The lowest BCUT2D eigenvalue weighted by atomic mass is 9.99. The van der Waals surface area contributed by atoms with Gasteiger partial charge in [-0.05, 0) is 36.5 Å². The lowest BCUT2D eigenvalue weighted by Gasteiger charge is -2.10. The molecule has 0 saturated carbocycles. The standard InChI is InChI=1S/C17H21NO2S/c1-10(2)8-20-17(19)15-14(9-21-16(15)18)13-6-5-11(3)12(4)7-13/h5-7,9-10H,8,18H2,1-4H3. The summed E-state index contributed by atoms with van der Waals surface area (Å²) in [5, 5.41) is 2.43. The number of rotatable bonds is 4. The second kappa shape index (κ2) is 6.31. The van der Waals surface area contributed by atoms with Gasteiger partial charge in [0.15, 0.2) is 0 Å². The Bertz CT molecular complexity index is 659. The van der Waals surface area contributed by atoms with Crippen molar-refractivity contribution in [1.29, 1.82) is 0 Å². The highest BCUT2D eigenvalue weighted by Crippen LogP contribution is 2.35. The fourth-order valence-corrected chi connectivity index (χ4v) is 2.83. The summed E-state index contributed by atoms with van der Waals surface area (Å²) in [5.74, 6) is -0.0328. The minimum absolute atomic E-state index is 0.305. The molecule has 2 rings (SSSR count). The van der Waals surface area contributed by atoms with E-state index in [9.17, 15) is 4.79 Å². The van der Waals surface area contributed by atoms with E-state index in [1.54, 1.807) is 0 Å². The van der Waals surface area contributed by atoms with Crippen molar-refractivity contribution in [2.24, 2.45) is 5.92 Å². The van der Waals surface area contributed by atoms with Crippen LogP contribution in [-0.4, -0.2) is 12.6 Å². The molecular formula is C17H21NO2S. The summed E-state index contributed by atoms with van der Waals surface area (Å²) in [7, 11) is 0. The zero-order valence-electron chi connectivity index (χ0n) is 12.9. The van der Waals surface area contributed by atoms with Gasteiger partial charge in [-0.1, -0.05) is 32.0 Å². The number of aryl methyl sites for hydroxylation is 2. The summed E-state index contributed by atoms with van der Waals surface area (Å²) in [5.41, 5.74) is 10.7. The van der Waals surface area contributed by atoms with Gasteiger partial charge < -0.3 is 10.5 Å². The van der Waals surface area contributed by atoms with Crippen LogP contribution in [-0.2, 0) is 4.74 Å². The number of nitrogen functional groups attached to an aromatic ring is 1. The minimum atomic E-state index is -0.337. The molecule has 1 aromatic heterocycles. The van der Waals surface area contributed by atoms with Gasteiger partial charge in [-0.15, -0.1) is 11.3 Å². The monoisotopic (exact) mass is 303 g/mol. The van der Waals surface area contributed by atoms with E-state index in [4.69, 9.17) is 10.5 Å². The van der Waals surface area contributed by atoms with E-state index in [0.29, 0.717) is 23.1 Å². The normalized spacial score (nSPS) is 10.9. The van der Waals surface area contributed by atoms with Gasteiger partial charge in [0.1, 0.15) is 10.6 Å². The number of nitrogens with two attached hydrogens (primary N) is 1. The van der Waals surface area contributed by atoms with Crippen LogP contribution in [0.25, 0.3) is 11.1 Å². The molecule has 0 aliphatic rings. The van der Waals surface area contributed by atoms with Gasteiger partial charge in [-0.3, -0.25) is 0 Å². The van der Waals surface area contributed by atoms with Crippen LogP contribution >= 0.6 is 11.3 Å². The largest absolute Gasteiger partial charge is 0.462 e. The molecule has 2 aromatic rings. The Hall–Kier alpha value is -1.81. The van der Waals surface area contributed by atoms with Gasteiger partial charge >= 0.3 is 5.97 Å². The smallest absolute Gasteiger partial charge is 0.341 e. The van der Waals surface area contributed by atoms with Crippen LogP contribution in [0.5, 0.6) is 0 Å². The van der Waals surface area contributed by atoms with E-state index in [0.717, 1.165) is 11.1 Å². The van der Waals surface area contributed by atoms with Crippen LogP contribution in [0.1, 0.15) is 35.3 Å². The number of hydrogen-bond donors (Lipinski definition) is 1. The highest BCUT2D eigenvalue weighted by Gasteiger charge is 2.20. The van der Waals surface area contributed by atoms with Crippen molar-refractivity contribution in [2.75, 3.05) is 12.3 Å². The third-order valence-corrected chi connectivity index (χ3v) is 4.20. The first-order valence-electron chi connectivity index (χ1n) is 7.02. The zero-order chi connectivity index (χ0) is 15.6. The van der Waals surface area contributed by atoms with Crippen LogP contribution in [0, 0.1) is 19.8 Å². The first-order valence-corrected chi connectivity index (χ1v) is 7.89. The van der Waals surface area contributed by atoms with E-state index in [-0.39, 0.29) is 5.97 Å². The SMILES string of the molecule is Cc1ccc(-c2csc(N)c2C(=O)OCC(C)C)cc1C. The molecule has 1 heterocycles. The number of anilines is 1. The minimum Gasteiger partial charge on any atom is -0.462 e. The summed E-state index contributed by atoms with van der Waals surface area (Å²) >= 11 is 1.38. The first kappa shape index (κ1) is 15.6. The quantitative estimate of drug-likeness (QED) is 0.850. The Balaban J connectivity index is 2.37. The number of esters is 1. The van der Waals surface area contributed by atoms with E-state index in [1.165, 1.54) is 22.5 Å². The van der Waals surface area contributed by atoms with Crippen molar-refractivity contribution < 1.29 is 9.53 Å². The lowest BCUT2D eigenvalue weighted by Crippen LogP contribution is -2.11. The molecule has 0 saturated heterocycles. The average Bonchev–Trinajstić information content (AvgIpc) is 2.81. The molecule has 0 amide bonds. The maximum absolute atomic E-state index is 12.3. The van der Waals surface area contributed by atoms with Crippen LogP contribution in [0.3, 0.4) is 0 Å². The summed E-state index contributed by atoms with van der Waals surface area (Å²) in [6.07, 6.45) is 0. The number of benzene rings is 1. The zero-order valence-corrected chi connectivity index (χ0v) is 13.7.